The zero-order valence-electron chi connectivity index (χ0n) is 12.9. The average Bonchev–Trinajstić information content (AvgIpc) is 2.68. The first kappa shape index (κ1) is 15.0. The van der Waals surface area contributed by atoms with Crippen LogP contribution < -0.4 is 11.1 Å². The Kier molecular flexibility index (Phi) is 4.48. The number of aromatic nitrogens is 2. The van der Waals surface area contributed by atoms with Crippen LogP contribution in [0.4, 0.5) is 11.8 Å². The van der Waals surface area contributed by atoms with Crippen LogP contribution in [-0.2, 0) is 0 Å². The molecule has 0 aliphatic heterocycles. The molecule has 2 aromatic heterocycles. The monoisotopic (exact) mass is 292 g/mol. The third-order valence-electron chi connectivity index (χ3n) is 3.75. The molecule has 20 heavy (non-hydrogen) atoms. The summed E-state index contributed by atoms with van der Waals surface area (Å²) in [7, 11) is 0. The number of nitrogen functional groups attached to an aromatic ring is 1. The molecule has 4 nitrogen and oxygen atoms in total. The van der Waals surface area contributed by atoms with E-state index in [1.807, 2.05) is 0 Å². The summed E-state index contributed by atoms with van der Waals surface area (Å²) in [6.07, 6.45) is 0. The van der Waals surface area contributed by atoms with Crippen molar-refractivity contribution >= 4 is 33.3 Å². The summed E-state index contributed by atoms with van der Waals surface area (Å²) in [4.78, 5) is 10.9. The van der Waals surface area contributed by atoms with Crippen LogP contribution in [-0.4, -0.2) is 16.5 Å². The summed E-state index contributed by atoms with van der Waals surface area (Å²) in [5.41, 5.74) is 5.80. The predicted molar refractivity (Wildman–Crippen MR) is 88.2 cm³/mol. The smallest absolute Gasteiger partial charge is 0.223 e. The van der Waals surface area contributed by atoms with Gasteiger partial charge in [-0.1, -0.05) is 27.7 Å². The van der Waals surface area contributed by atoms with E-state index in [2.05, 4.69) is 56.0 Å². The minimum Gasteiger partial charge on any atom is -0.369 e. The second-order valence-corrected chi connectivity index (χ2v) is 7.27. The zero-order valence-corrected chi connectivity index (χ0v) is 13.7. The van der Waals surface area contributed by atoms with E-state index in [-0.39, 0.29) is 0 Å². The molecule has 0 bridgehead atoms. The normalized spacial score (nSPS) is 12.0. The van der Waals surface area contributed by atoms with Crippen LogP contribution in [0.25, 0.3) is 10.2 Å². The molecule has 0 saturated heterocycles. The number of fused-ring (bicyclic) bond motifs is 1. The lowest BCUT2D eigenvalue weighted by Crippen LogP contribution is -2.25. The second kappa shape index (κ2) is 5.95. The Labute approximate surface area is 124 Å². The fourth-order valence-corrected chi connectivity index (χ4v) is 3.54. The number of thiophene rings is 1. The lowest BCUT2D eigenvalue weighted by molar-refractivity contribution is 0.304. The van der Waals surface area contributed by atoms with E-state index >= 15 is 0 Å². The molecule has 0 amide bonds. The number of rotatable bonds is 5. The van der Waals surface area contributed by atoms with E-state index in [4.69, 9.17) is 5.73 Å². The van der Waals surface area contributed by atoms with Gasteiger partial charge in [-0.15, -0.1) is 11.3 Å². The summed E-state index contributed by atoms with van der Waals surface area (Å²) in [5.74, 6) is 3.10. The predicted octanol–water partition coefficient (Wildman–Crippen LogP) is 3.92. The van der Waals surface area contributed by atoms with Gasteiger partial charge in [-0.2, -0.15) is 4.98 Å². The topological polar surface area (TPSA) is 63.8 Å². The van der Waals surface area contributed by atoms with Gasteiger partial charge >= 0.3 is 0 Å². The number of nitrogens with two attached hydrogens (primary N) is 1. The molecule has 0 atom stereocenters. The Bertz CT molecular complexity index is 581. The van der Waals surface area contributed by atoms with E-state index in [0.717, 1.165) is 22.6 Å². The number of nitrogens with one attached hydrogen (secondary N) is 1. The van der Waals surface area contributed by atoms with Gasteiger partial charge in [-0.3, -0.25) is 0 Å². The highest BCUT2D eigenvalue weighted by Crippen LogP contribution is 2.30. The Balaban J connectivity index is 2.25. The van der Waals surface area contributed by atoms with Gasteiger partial charge in [-0.05, 0) is 30.7 Å². The molecule has 0 aliphatic rings. The molecule has 2 heterocycles. The summed E-state index contributed by atoms with van der Waals surface area (Å²) < 4.78 is 0. The van der Waals surface area contributed by atoms with Gasteiger partial charge in [0.15, 0.2) is 0 Å². The number of aryl methyl sites for hydroxylation is 1. The molecule has 110 valence electrons. The van der Waals surface area contributed by atoms with Crippen LogP contribution in [0, 0.1) is 24.7 Å². The summed E-state index contributed by atoms with van der Waals surface area (Å²) >= 11 is 1.66. The number of nitrogens with zero attached hydrogens (tertiary/aromatic N) is 2. The third-order valence-corrected chi connectivity index (χ3v) is 4.70. The van der Waals surface area contributed by atoms with Crippen molar-refractivity contribution in [2.75, 3.05) is 17.6 Å². The van der Waals surface area contributed by atoms with Crippen molar-refractivity contribution in [1.82, 2.24) is 9.97 Å². The highest BCUT2D eigenvalue weighted by Gasteiger charge is 2.18. The maximum absolute atomic E-state index is 5.80. The first-order valence-corrected chi connectivity index (χ1v) is 7.97. The van der Waals surface area contributed by atoms with E-state index in [1.54, 1.807) is 11.3 Å². The molecular weight excluding hydrogens is 268 g/mol. The Morgan fingerprint density at radius 1 is 1.20 bits per heavy atom. The lowest BCUT2D eigenvalue weighted by Gasteiger charge is -2.25. The van der Waals surface area contributed by atoms with Crippen LogP contribution >= 0.6 is 11.3 Å². The molecule has 3 N–H and O–H groups in total. The van der Waals surface area contributed by atoms with E-state index in [0.29, 0.717) is 23.7 Å². The SMILES string of the molecule is Cc1cc2c(NCC(C(C)C)C(C)C)nc(N)nc2s1. The average molecular weight is 292 g/mol. The van der Waals surface area contributed by atoms with Crippen molar-refractivity contribution in [3.8, 4) is 0 Å². The fourth-order valence-electron chi connectivity index (χ4n) is 2.65. The van der Waals surface area contributed by atoms with Crippen LogP contribution in [0.15, 0.2) is 6.07 Å². The molecule has 0 radical (unpaired) electrons. The molecule has 0 spiro atoms. The van der Waals surface area contributed by atoms with Gasteiger partial charge in [0.05, 0.1) is 5.39 Å². The standard InChI is InChI=1S/C15H24N4S/c1-8(2)12(9(3)4)7-17-13-11-6-10(5)20-14(11)19-15(16)18-13/h6,8-9,12H,7H2,1-5H3,(H3,16,17,18,19). The first-order valence-electron chi connectivity index (χ1n) is 7.16. The minimum absolute atomic E-state index is 0.340. The number of hydrogen-bond acceptors (Lipinski definition) is 5. The van der Waals surface area contributed by atoms with Crippen molar-refractivity contribution in [2.24, 2.45) is 17.8 Å². The summed E-state index contributed by atoms with van der Waals surface area (Å²) in [5, 5.41) is 4.56. The quantitative estimate of drug-likeness (QED) is 0.876. The van der Waals surface area contributed by atoms with Crippen LogP contribution in [0.2, 0.25) is 0 Å². The van der Waals surface area contributed by atoms with E-state index in [1.165, 1.54) is 4.88 Å². The largest absolute Gasteiger partial charge is 0.369 e. The Morgan fingerprint density at radius 2 is 1.85 bits per heavy atom. The number of hydrogen-bond donors (Lipinski definition) is 2. The van der Waals surface area contributed by atoms with Gasteiger partial charge in [0.2, 0.25) is 5.95 Å². The molecule has 2 aromatic rings. The van der Waals surface area contributed by atoms with Crippen LogP contribution in [0.1, 0.15) is 32.6 Å². The van der Waals surface area contributed by atoms with Crippen molar-refractivity contribution in [3.63, 3.8) is 0 Å². The van der Waals surface area contributed by atoms with Gasteiger partial charge in [0.25, 0.3) is 0 Å². The lowest BCUT2D eigenvalue weighted by atomic mass is 9.85. The van der Waals surface area contributed by atoms with E-state index in [9.17, 15) is 0 Å². The maximum atomic E-state index is 5.80. The number of anilines is 2. The molecule has 0 saturated carbocycles. The molecule has 5 heteroatoms. The minimum atomic E-state index is 0.340. The molecular formula is C15H24N4S. The second-order valence-electron chi connectivity index (χ2n) is 6.04. The zero-order chi connectivity index (χ0) is 14.9. The van der Waals surface area contributed by atoms with Crippen molar-refractivity contribution in [1.29, 1.82) is 0 Å². The van der Waals surface area contributed by atoms with Gasteiger partial charge < -0.3 is 11.1 Å². The van der Waals surface area contributed by atoms with Crippen molar-refractivity contribution < 1.29 is 0 Å². The van der Waals surface area contributed by atoms with Gasteiger partial charge in [-0.25, -0.2) is 4.98 Å². The third kappa shape index (κ3) is 3.20. The highest BCUT2D eigenvalue weighted by atomic mass is 32.1. The molecule has 0 fully saturated rings. The van der Waals surface area contributed by atoms with Gasteiger partial charge in [0.1, 0.15) is 10.6 Å². The van der Waals surface area contributed by atoms with Crippen LogP contribution in [0.3, 0.4) is 0 Å². The van der Waals surface area contributed by atoms with Crippen molar-refractivity contribution in [3.05, 3.63) is 10.9 Å². The van der Waals surface area contributed by atoms with Crippen LogP contribution in [0.5, 0.6) is 0 Å². The highest BCUT2D eigenvalue weighted by molar-refractivity contribution is 7.18. The first-order chi connectivity index (χ1) is 9.38. The van der Waals surface area contributed by atoms with Gasteiger partial charge in [0, 0.05) is 11.4 Å². The van der Waals surface area contributed by atoms with Crippen molar-refractivity contribution in [2.45, 2.75) is 34.6 Å². The fraction of sp³-hybridized carbons (Fsp3) is 0.600. The molecule has 0 aliphatic carbocycles. The van der Waals surface area contributed by atoms with E-state index < -0.39 is 0 Å². The summed E-state index contributed by atoms with van der Waals surface area (Å²) in [6.45, 7) is 12.1. The molecule has 2 rings (SSSR count). The molecule has 0 unspecified atom stereocenters. The molecule has 0 aromatic carbocycles. The Morgan fingerprint density at radius 3 is 2.45 bits per heavy atom. The maximum Gasteiger partial charge on any atom is 0.223 e. The Hall–Kier alpha value is -1.36. The summed E-state index contributed by atoms with van der Waals surface area (Å²) in [6, 6.07) is 2.13.